The zero-order chi connectivity index (χ0) is 23.8. The highest BCUT2D eigenvalue weighted by molar-refractivity contribution is 6.04. The van der Waals surface area contributed by atoms with Gasteiger partial charge in [0.2, 0.25) is 0 Å². The fourth-order valence-corrected chi connectivity index (χ4v) is 3.67. The minimum absolute atomic E-state index is 0.0652. The second kappa shape index (κ2) is 8.52. The standard InChI is InChI=1S/C21H19F3N6O3/c1-13-10-19(29(27-13)18-7-5-15(12-25-18)21(22,23)24)26-20(31)14-4-6-16(17(11-14)30(32)33)28-8-2-3-9-28/h4-7,10-12H,2-3,8-9H2,1H3,(H,26,31). The summed E-state index contributed by atoms with van der Waals surface area (Å²) >= 11 is 0. The smallest absolute Gasteiger partial charge is 0.366 e. The molecule has 0 saturated carbocycles. The molecule has 172 valence electrons. The maximum absolute atomic E-state index is 12.8. The first-order chi connectivity index (χ1) is 15.6. The Hall–Kier alpha value is -3.96. The summed E-state index contributed by atoms with van der Waals surface area (Å²) in [4.78, 5) is 29.6. The van der Waals surface area contributed by atoms with Crippen LogP contribution in [-0.2, 0) is 6.18 Å². The number of carbonyl (C=O) groups excluding carboxylic acids is 1. The molecule has 1 aliphatic heterocycles. The van der Waals surface area contributed by atoms with E-state index in [4.69, 9.17) is 0 Å². The summed E-state index contributed by atoms with van der Waals surface area (Å²) in [5, 5.41) is 18.4. The lowest BCUT2D eigenvalue weighted by molar-refractivity contribution is -0.384. The predicted octanol–water partition coefficient (Wildman–Crippen LogP) is 4.36. The second-order valence-electron chi connectivity index (χ2n) is 7.59. The number of carbonyl (C=O) groups is 1. The molecule has 12 heteroatoms. The average molecular weight is 460 g/mol. The zero-order valence-electron chi connectivity index (χ0n) is 17.5. The van der Waals surface area contributed by atoms with E-state index in [0.29, 0.717) is 30.7 Å². The molecule has 1 amide bonds. The van der Waals surface area contributed by atoms with E-state index in [1.807, 2.05) is 4.90 Å². The number of hydrogen-bond acceptors (Lipinski definition) is 6. The first kappa shape index (κ1) is 22.2. The zero-order valence-corrected chi connectivity index (χ0v) is 17.5. The van der Waals surface area contributed by atoms with E-state index < -0.39 is 22.6 Å². The number of rotatable bonds is 5. The molecule has 0 atom stereocenters. The van der Waals surface area contributed by atoms with Crippen molar-refractivity contribution in [2.24, 2.45) is 0 Å². The number of nitro benzene ring substituents is 1. The number of aryl methyl sites for hydroxylation is 1. The van der Waals surface area contributed by atoms with Crippen LogP contribution in [0.1, 0.15) is 34.5 Å². The average Bonchev–Trinajstić information content (AvgIpc) is 3.42. The maximum Gasteiger partial charge on any atom is 0.417 e. The van der Waals surface area contributed by atoms with Crippen LogP contribution in [-0.4, -0.2) is 38.7 Å². The molecule has 0 spiro atoms. The van der Waals surface area contributed by atoms with Gasteiger partial charge in [0.1, 0.15) is 11.5 Å². The van der Waals surface area contributed by atoms with E-state index in [1.165, 1.54) is 22.9 Å². The quantitative estimate of drug-likeness (QED) is 0.448. The Labute approximate surface area is 186 Å². The molecule has 4 rings (SSSR count). The van der Waals surface area contributed by atoms with Crippen molar-refractivity contribution in [1.29, 1.82) is 0 Å². The van der Waals surface area contributed by atoms with E-state index in [0.717, 1.165) is 25.0 Å². The molecule has 9 nitrogen and oxygen atoms in total. The van der Waals surface area contributed by atoms with Gasteiger partial charge in [0.25, 0.3) is 11.6 Å². The number of aromatic nitrogens is 3. The third-order valence-electron chi connectivity index (χ3n) is 5.25. The summed E-state index contributed by atoms with van der Waals surface area (Å²) in [6.45, 7) is 3.07. The molecule has 1 N–H and O–H groups in total. The molecule has 1 fully saturated rings. The second-order valence-corrected chi connectivity index (χ2v) is 7.59. The van der Waals surface area contributed by atoms with Crippen molar-refractivity contribution in [3.8, 4) is 5.82 Å². The minimum atomic E-state index is -4.53. The van der Waals surface area contributed by atoms with Gasteiger partial charge in [0.15, 0.2) is 5.82 Å². The number of nitro groups is 1. The van der Waals surface area contributed by atoms with Gasteiger partial charge in [0, 0.05) is 37.0 Å². The van der Waals surface area contributed by atoms with Gasteiger partial charge in [-0.1, -0.05) is 0 Å². The van der Waals surface area contributed by atoms with Gasteiger partial charge in [-0.2, -0.15) is 23.0 Å². The molecule has 1 saturated heterocycles. The van der Waals surface area contributed by atoms with Crippen LogP contribution in [0.25, 0.3) is 5.82 Å². The van der Waals surface area contributed by atoms with Crippen molar-refractivity contribution >= 4 is 23.1 Å². The summed E-state index contributed by atoms with van der Waals surface area (Å²) in [5.41, 5.74) is -0.0635. The van der Waals surface area contributed by atoms with Gasteiger partial charge in [-0.3, -0.25) is 14.9 Å². The molecule has 3 heterocycles. The summed E-state index contributed by atoms with van der Waals surface area (Å²) in [5.74, 6) is -0.392. The summed E-state index contributed by atoms with van der Waals surface area (Å²) in [7, 11) is 0. The van der Waals surface area contributed by atoms with Crippen molar-refractivity contribution in [3.05, 3.63) is 69.5 Å². The lowest BCUT2D eigenvalue weighted by atomic mass is 10.1. The topological polar surface area (TPSA) is 106 Å². The van der Waals surface area contributed by atoms with Crippen molar-refractivity contribution in [1.82, 2.24) is 14.8 Å². The third kappa shape index (κ3) is 4.64. The Kier molecular flexibility index (Phi) is 5.75. The highest BCUT2D eigenvalue weighted by Gasteiger charge is 2.31. The van der Waals surface area contributed by atoms with Crippen LogP contribution in [0.3, 0.4) is 0 Å². The SMILES string of the molecule is Cc1cc(NC(=O)c2ccc(N3CCCC3)c([N+](=O)[O-])c2)n(-c2ccc(C(F)(F)F)cn2)n1. The largest absolute Gasteiger partial charge is 0.417 e. The maximum atomic E-state index is 12.8. The lowest BCUT2D eigenvalue weighted by Gasteiger charge is -2.17. The van der Waals surface area contributed by atoms with Gasteiger partial charge in [-0.15, -0.1) is 0 Å². The molecule has 3 aromatic rings. The van der Waals surface area contributed by atoms with Crippen LogP contribution >= 0.6 is 0 Å². The summed E-state index contributed by atoms with van der Waals surface area (Å²) in [6, 6.07) is 7.79. The van der Waals surface area contributed by atoms with E-state index >= 15 is 0 Å². The fraction of sp³-hybridized carbons (Fsp3) is 0.286. The number of pyridine rings is 1. The van der Waals surface area contributed by atoms with Gasteiger partial charge < -0.3 is 10.2 Å². The monoisotopic (exact) mass is 460 g/mol. The van der Waals surface area contributed by atoms with Crippen molar-refractivity contribution in [3.63, 3.8) is 0 Å². The number of alkyl halides is 3. The molecule has 1 aromatic carbocycles. The number of anilines is 2. The van der Waals surface area contributed by atoms with Gasteiger partial charge >= 0.3 is 6.18 Å². The fourth-order valence-electron chi connectivity index (χ4n) is 3.67. The molecular formula is C21H19F3N6O3. The van der Waals surface area contributed by atoms with E-state index in [9.17, 15) is 28.1 Å². The number of amides is 1. The lowest BCUT2D eigenvalue weighted by Crippen LogP contribution is -2.20. The molecule has 0 bridgehead atoms. The molecule has 0 unspecified atom stereocenters. The Morgan fingerprint density at radius 2 is 1.88 bits per heavy atom. The van der Waals surface area contributed by atoms with Crippen LogP contribution in [0.15, 0.2) is 42.6 Å². The van der Waals surface area contributed by atoms with Crippen LogP contribution < -0.4 is 10.2 Å². The van der Waals surface area contributed by atoms with Crippen molar-refractivity contribution in [2.75, 3.05) is 23.3 Å². The normalized spacial score (nSPS) is 13.9. The van der Waals surface area contributed by atoms with Crippen LogP contribution in [0.5, 0.6) is 0 Å². The Balaban J connectivity index is 1.61. The van der Waals surface area contributed by atoms with Crippen LogP contribution in [0.2, 0.25) is 0 Å². The number of hydrogen-bond donors (Lipinski definition) is 1. The van der Waals surface area contributed by atoms with Crippen LogP contribution in [0, 0.1) is 17.0 Å². The summed E-state index contributed by atoms with van der Waals surface area (Å²) in [6.07, 6.45) is -1.96. The van der Waals surface area contributed by atoms with Crippen LogP contribution in [0.4, 0.5) is 30.4 Å². The highest BCUT2D eigenvalue weighted by atomic mass is 19.4. The molecule has 0 radical (unpaired) electrons. The number of nitrogens with one attached hydrogen (secondary N) is 1. The molecule has 33 heavy (non-hydrogen) atoms. The number of halogens is 3. The van der Waals surface area contributed by atoms with E-state index in [2.05, 4.69) is 15.4 Å². The Morgan fingerprint density at radius 1 is 1.15 bits per heavy atom. The summed E-state index contributed by atoms with van der Waals surface area (Å²) < 4.78 is 39.6. The van der Waals surface area contributed by atoms with Gasteiger partial charge in [-0.05, 0) is 44.0 Å². The number of benzene rings is 1. The third-order valence-corrected chi connectivity index (χ3v) is 5.25. The first-order valence-corrected chi connectivity index (χ1v) is 10.1. The number of nitrogens with zero attached hydrogens (tertiary/aromatic N) is 5. The molecule has 0 aliphatic carbocycles. The van der Waals surface area contributed by atoms with E-state index in [-0.39, 0.29) is 22.9 Å². The highest BCUT2D eigenvalue weighted by Crippen LogP contribution is 2.32. The molecular weight excluding hydrogens is 441 g/mol. The van der Waals surface area contributed by atoms with Gasteiger partial charge in [0.05, 0.1) is 16.2 Å². The molecule has 2 aromatic heterocycles. The Morgan fingerprint density at radius 3 is 2.48 bits per heavy atom. The first-order valence-electron chi connectivity index (χ1n) is 10.1. The van der Waals surface area contributed by atoms with E-state index in [1.54, 1.807) is 13.0 Å². The predicted molar refractivity (Wildman–Crippen MR) is 114 cm³/mol. The minimum Gasteiger partial charge on any atom is -0.366 e. The van der Waals surface area contributed by atoms with Crippen molar-refractivity contribution < 1.29 is 22.9 Å². The molecule has 1 aliphatic rings. The Bertz CT molecular complexity index is 1200. The van der Waals surface area contributed by atoms with Gasteiger partial charge in [-0.25, -0.2) is 4.98 Å². The van der Waals surface area contributed by atoms with Crippen molar-refractivity contribution in [2.45, 2.75) is 25.9 Å².